The van der Waals surface area contributed by atoms with Gasteiger partial charge < -0.3 is 9.80 Å². The molecule has 180 valence electrons. The number of anilines is 1. The lowest BCUT2D eigenvalue weighted by atomic mass is 10.1. The summed E-state index contributed by atoms with van der Waals surface area (Å²) in [5, 5.41) is 5.08. The van der Waals surface area contributed by atoms with Gasteiger partial charge in [-0.15, -0.1) is 0 Å². The van der Waals surface area contributed by atoms with Gasteiger partial charge in [-0.1, -0.05) is 19.9 Å². The van der Waals surface area contributed by atoms with E-state index in [0.29, 0.717) is 6.04 Å². The van der Waals surface area contributed by atoms with Gasteiger partial charge >= 0.3 is 0 Å². The molecule has 34 heavy (non-hydrogen) atoms. The Bertz CT molecular complexity index is 1070. The van der Waals surface area contributed by atoms with Gasteiger partial charge in [-0.05, 0) is 62.2 Å². The van der Waals surface area contributed by atoms with E-state index in [1.54, 1.807) is 0 Å². The van der Waals surface area contributed by atoms with Crippen molar-refractivity contribution in [2.24, 2.45) is 0 Å². The van der Waals surface area contributed by atoms with Crippen LogP contribution in [0.4, 0.5) is 10.2 Å². The molecule has 3 aromatic rings. The second kappa shape index (κ2) is 10.2. The topological polar surface area (TPSA) is 40.4 Å². The molecule has 2 aliphatic rings. The molecular weight excluding hydrogens is 427 g/mol. The van der Waals surface area contributed by atoms with Crippen LogP contribution in [0.3, 0.4) is 0 Å². The molecule has 0 atom stereocenters. The number of rotatable bonds is 9. The van der Waals surface area contributed by atoms with Crippen LogP contribution in [0.2, 0.25) is 0 Å². The Morgan fingerprint density at radius 1 is 0.971 bits per heavy atom. The summed E-state index contributed by atoms with van der Waals surface area (Å²) in [7, 11) is 0. The standard InChI is InChI=1S/C27H35FN6/c1-3-26-25(20-33(23-12-13-23)19-22-7-5-6-14-29-22)27(32-17-15-31(4-2)16-18-32)34(30-26)24-10-8-21(28)9-11-24/h5-11,14,23H,3-4,12-13,15-20H2,1-2H3. The molecule has 0 N–H and O–H groups in total. The first-order chi connectivity index (χ1) is 16.7. The first-order valence-electron chi connectivity index (χ1n) is 12.6. The Hall–Kier alpha value is -2.77. The Labute approximate surface area is 202 Å². The summed E-state index contributed by atoms with van der Waals surface area (Å²) in [5.74, 6) is 0.950. The third-order valence-electron chi connectivity index (χ3n) is 7.08. The minimum Gasteiger partial charge on any atom is -0.354 e. The number of hydrogen-bond acceptors (Lipinski definition) is 5. The van der Waals surface area contributed by atoms with E-state index in [9.17, 15) is 4.39 Å². The van der Waals surface area contributed by atoms with Gasteiger partial charge in [-0.3, -0.25) is 9.88 Å². The number of halogens is 1. The summed E-state index contributed by atoms with van der Waals surface area (Å²) >= 11 is 0. The predicted molar refractivity (Wildman–Crippen MR) is 134 cm³/mol. The van der Waals surface area contributed by atoms with Gasteiger partial charge in [0, 0.05) is 57.1 Å². The van der Waals surface area contributed by atoms with Crippen LogP contribution in [-0.4, -0.2) is 63.3 Å². The van der Waals surface area contributed by atoms with Gasteiger partial charge in [-0.25, -0.2) is 9.07 Å². The van der Waals surface area contributed by atoms with Crippen molar-refractivity contribution in [2.45, 2.75) is 52.2 Å². The van der Waals surface area contributed by atoms with Crippen LogP contribution < -0.4 is 4.90 Å². The fraction of sp³-hybridized carbons (Fsp3) is 0.481. The lowest BCUT2D eigenvalue weighted by Gasteiger charge is -2.36. The van der Waals surface area contributed by atoms with Crippen LogP contribution in [0.15, 0.2) is 48.7 Å². The molecule has 6 nitrogen and oxygen atoms in total. The van der Waals surface area contributed by atoms with Crippen molar-refractivity contribution < 1.29 is 4.39 Å². The van der Waals surface area contributed by atoms with Crippen LogP contribution in [-0.2, 0) is 19.5 Å². The molecule has 1 saturated heterocycles. The van der Waals surface area contributed by atoms with Gasteiger partial charge in [-0.2, -0.15) is 5.10 Å². The Morgan fingerprint density at radius 3 is 2.35 bits per heavy atom. The van der Waals surface area contributed by atoms with Gasteiger partial charge in [0.15, 0.2) is 0 Å². The molecule has 0 unspecified atom stereocenters. The van der Waals surface area contributed by atoms with Crippen LogP contribution in [0.1, 0.15) is 43.6 Å². The number of hydrogen-bond donors (Lipinski definition) is 0. The maximum Gasteiger partial charge on any atom is 0.137 e. The predicted octanol–water partition coefficient (Wildman–Crippen LogP) is 4.28. The summed E-state index contributed by atoms with van der Waals surface area (Å²) < 4.78 is 15.8. The van der Waals surface area contributed by atoms with Gasteiger partial charge in [0.25, 0.3) is 0 Å². The zero-order chi connectivity index (χ0) is 23.5. The number of aryl methyl sites for hydroxylation is 1. The number of pyridine rings is 1. The largest absolute Gasteiger partial charge is 0.354 e. The van der Waals surface area contributed by atoms with E-state index in [1.165, 1.54) is 36.4 Å². The van der Waals surface area contributed by atoms with Crippen molar-refractivity contribution in [3.63, 3.8) is 0 Å². The van der Waals surface area contributed by atoms with Crippen molar-refractivity contribution >= 4 is 5.82 Å². The fourth-order valence-electron chi connectivity index (χ4n) is 4.95. The van der Waals surface area contributed by atoms with E-state index in [2.05, 4.69) is 50.3 Å². The Kier molecular flexibility index (Phi) is 6.92. The second-order valence-corrected chi connectivity index (χ2v) is 9.37. The number of benzene rings is 1. The molecule has 1 saturated carbocycles. The second-order valence-electron chi connectivity index (χ2n) is 9.37. The molecule has 3 heterocycles. The normalized spacial score (nSPS) is 17.0. The van der Waals surface area contributed by atoms with E-state index < -0.39 is 0 Å². The van der Waals surface area contributed by atoms with Crippen molar-refractivity contribution in [3.8, 4) is 5.69 Å². The Morgan fingerprint density at radius 2 is 1.74 bits per heavy atom. The van der Waals surface area contributed by atoms with Crippen LogP contribution >= 0.6 is 0 Å². The molecule has 0 bridgehead atoms. The third-order valence-corrected chi connectivity index (χ3v) is 7.08. The number of aromatic nitrogens is 3. The highest BCUT2D eigenvalue weighted by atomic mass is 19.1. The van der Waals surface area contributed by atoms with E-state index in [-0.39, 0.29) is 5.82 Å². The van der Waals surface area contributed by atoms with Gasteiger partial charge in [0.1, 0.15) is 11.6 Å². The first-order valence-corrected chi connectivity index (χ1v) is 12.6. The lowest BCUT2D eigenvalue weighted by Crippen LogP contribution is -2.47. The molecular formula is C27H35FN6. The van der Waals surface area contributed by atoms with Crippen LogP contribution in [0, 0.1) is 5.82 Å². The molecule has 7 heteroatoms. The summed E-state index contributed by atoms with van der Waals surface area (Å²) in [6.07, 6.45) is 5.23. The maximum absolute atomic E-state index is 13.7. The van der Waals surface area contributed by atoms with E-state index in [4.69, 9.17) is 5.10 Å². The minimum absolute atomic E-state index is 0.222. The zero-order valence-electron chi connectivity index (χ0n) is 20.3. The quantitative estimate of drug-likeness (QED) is 0.475. The molecule has 1 aliphatic carbocycles. The Balaban J connectivity index is 1.52. The van der Waals surface area contributed by atoms with E-state index >= 15 is 0 Å². The summed E-state index contributed by atoms with van der Waals surface area (Å²) in [5.41, 5.74) is 4.46. The average molecular weight is 463 g/mol. The molecule has 1 aliphatic heterocycles. The molecule has 0 radical (unpaired) electrons. The van der Waals surface area contributed by atoms with Crippen LogP contribution in [0.5, 0.6) is 0 Å². The molecule has 5 rings (SSSR count). The zero-order valence-corrected chi connectivity index (χ0v) is 20.3. The number of nitrogens with zero attached hydrogens (tertiary/aromatic N) is 6. The van der Waals surface area contributed by atoms with Crippen LogP contribution in [0.25, 0.3) is 5.69 Å². The lowest BCUT2D eigenvalue weighted by molar-refractivity contribution is 0.241. The molecule has 1 aromatic carbocycles. The maximum atomic E-state index is 13.7. The number of likely N-dealkylation sites (N-methyl/N-ethyl adjacent to an activating group) is 1. The van der Waals surface area contributed by atoms with E-state index in [0.717, 1.165) is 69.3 Å². The molecule has 0 spiro atoms. The molecule has 0 amide bonds. The minimum atomic E-state index is -0.222. The molecule has 2 aromatic heterocycles. The van der Waals surface area contributed by atoms with Gasteiger partial charge in [0.2, 0.25) is 0 Å². The average Bonchev–Trinajstić information content (AvgIpc) is 3.66. The third kappa shape index (κ3) is 5.00. The first kappa shape index (κ1) is 23.0. The van der Waals surface area contributed by atoms with Crippen molar-refractivity contribution in [1.82, 2.24) is 24.6 Å². The number of piperazine rings is 1. The summed E-state index contributed by atoms with van der Waals surface area (Å²) in [6, 6.07) is 13.5. The monoisotopic (exact) mass is 462 g/mol. The highest BCUT2D eigenvalue weighted by Crippen LogP contribution is 2.35. The summed E-state index contributed by atoms with van der Waals surface area (Å²) in [6.45, 7) is 11.2. The fourth-order valence-corrected chi connectivity index (χ4v) is 4.95. The highest BCUT2D eigenvalue weighted by Gasteiger charge is 2.33. The highest BCUT2D eigenvalue weighted by molar-refractivity contribution is 5.56. The molecule has 2 fully saturated rings. The van der Waals surface area contributed by atoms with E-state index in [1.807, 2.05) is 24.4 Å². The van der Waals surface area contributed by atoms with Crippen molar-refractivity contribution in [1.29, 1.82) is 0 Å². The van der Waals surface area contributed by atoms with Crippen molar-refractivity contribution in [3.05, 3.63) is 71.4 Å². The summed E-state index contributed by atoms with van der Waals surface area (Å²) in [4.78, 5) is 12.1. The van der Waals surface area contributed by atoms with Crippen molar-refractivity contribution in [2.75, 3.05) is 37.6 Å². The SMILES string of the molecule is CCc1nn(-c2ccc(F)cc2)c(N2CCN(CC)CC2)c1CN(Cc1ccccn1)C1CC1. The smallest absolute Gasteiger partial charge is 0.137 e. The van der Waals surface area contributed by atoms with Gasteiger partial charge in [0.05, 0.1) is 17.1 Å².